The van der Waals surface area contributed by atoms with E-state index in [9.17, 15) is 10.1 Å². The Morgan fingerprint density at radius 1 is 1.53 bits per heavy atom. The minimum atomic E-state index is -0.403. The molecule has 0 saturated carbocycles. The van der Waals surface area contributed by atoms with Crippen LogP contribution in [0.4, 0.5) is 5.69 Å². The third kappa shape index (κ3) is 2.25. The fourth-order valence-electron chi connectivity index (χ4n) is 1.65. The van der Waals surface area contributed by atoms with Crippen molar-refractivity contribution in [1.82, 2.24) is 9.78 Å². The minimum absolute atomic E-state index is 0.0769. The van der Waals surface area contributed by atoms with Gasteiger partial charge in [0.15, 0.2) is 5.75 Å². The van der Waals surface area contributed by atoms with Crippen LogP contribution in [0.1, 0.15) is 11.1 Å². The number of nitro benzene ring substituents is 1. The largest absolute Gasteiger partial charge is 0.505 e. The minimum Gasteiger partial charge on any atom is -0.505 e. The van der Waals surface area contributed by atoms with Crippen molar-refractivity contribution in [2.45, 2.75) is 13.5 Å². The summed E-state index contributed by atoms with van der Waals surface area (Å²) in [5.41, 5.74) is 1.52. The summed E-state index contributed by atoms with van der Waals surface area (Å²) < 4.78 is 1.53. The topological polar surface area (TPSA) is 81.2 Å². The standard InChI is InChI=1S/C11H11N3O3/c1-8-9(3-2-4-11(8)14(16)17)6-13-7-10(15)5-12-13/h2-5,7,15H,6H2,1H3. The Bertz CT molecular complexity index is 563. The Morgan fingerprint density at radius 3 is 2.88 bits per heavy atom. The number of hydrogen-bond donors (Lipinski definition) is 1. The second kappa shape index (κ2) is 4.25. The zero-order chi connectivity index (χ0) is 12.4. The predicted molar refractivity (Wildman–Crippen MR) is 60.8 cm³/mol. The molecule has 0 saturated heterocycles. The molecule has 6 heteroatoms. The highest BCUT2D eigenvalue weighted by molar-refractivity contribution is 5.44. The van der Waals surface area contributed by atoms with E-state index in [-0.39, 0.29) is 11.4 Å². The summed E-state index contributed by atoms with van der Waals surface area (Å²) in [6, 6.07) is 4.92. The maximum atomic E-state index is 10.8. The van der Waals surface area contributed by atoms with Gasteiger partial charge in [0.05, 0.1) is 23.9 Å². The van der Waals surface area contributed by atoms with E-state index in [0.29, 0.717) is 12.1 Å². The van der Waals surface area contributed by atoms with Gasteiger partial charge in [-0.2, -0.15) is 5.10 Å². The Morgan fingerprint density at radius 2 is 2.29 bits per heavy atom. The lowest BCUT2D eigenvalue weighted by atomic mass is 10.1. The monoisotopic (exact) mass is 233 g/mol. The molecule has 0 unspecified atom stereocenters. The Balaban J connectivity index is 2.33. The van der Waals surface area contributed by atoms with Gasteiger partial charge in [-0.25, -0.2) is 0 Å². The first-order valence-corrected chi connectivity index (χ1v) is 5.02. The molecular formula is C11H11N3O3. The van der Waals surface area contributed by atoms with Gasteiger partial charge >= 0.3 is 0 Å². The molecule has 0 aliphatic rings. The summed E-state index contributed by atoms with van der Waals surface area (Å²) in [7, 11) is 0. The van der Waals surface area contributed by atoms with Crippen LogP contribution in [-0.2, 0) is 6.54 Å². The summed E-state index contributed by atoms with van der Waals surface area (Å²) >= 11 is 0. The summed E-state index contributed by atoms with van der Waals surface area (Å²) in [6.07, 6.45) is 2.80. The molecule has 88 valence electrons. The van der Waals surface area contributed by atoms with Gasteiger partial charge in [-0.05, 0) is 12.5 Å². The van der Waals surface area contributed by atoms with Crippen LogP contribution >= 0.6 is 0 Å². The Labute approximate surface area is 97.3 Å². The molecule has 1 aromatic carbocycles. The van der Waals surface area contributed by atoms with E-state index in [1.165, 1.54) is 23.1 Å². The van der Waals surface area contributed by atoms with Gasteiger partial charge < -0.3 is 5.11 Å². The maximum Gasteiger partial charge on any atom is 0.272 e. The van der Waals surface area contributed by atoms with E-state index in [4.69, 9.17) is 5.11 Å². The van der Waals surface area contributed by atoms with Crippen LogP contribution in [0.15, 0.2) is 30.6 Å². The van der Waals surface area contributed by atoms with Gasteiger partial charge in [0.2, 0.25) is 0 Å². The average molecular weight is 233 g/mol. The average Bonchev–Trinajstić information content (AvgIpc) is 2.67. The van der Waals surface area contributed by atoms with Crippen molar-refractivity contribution in [3.05, 3.63) is 51.8 Å². The van der Waals surface area contributed by atoms with Crippen LogP contribution in [0.25, 0.3) is 0 Å². The SMILES string of the molecule is Cc1c(Cn2cc(O)cn2)cccc1[N+](=O)[O-]. The number of nitrogens with zero attached hydrogens (tertiary/aromatic N) is 3. The van der Waals surface area contributed by atoms with Crippen LogP contribution in [-0.4, -0.2) is 19.8 Å². The van der Waals surface area contributed by atoms with E-state index in [0.717, 1.165) is 5.56 Å². The zero-order valence-corrected chi connectivity index (χ0v) is 9.20. The molecule has 0 aliphatic carbocycles. The molecule has 17 heavy (non-hydrogen) atoms. The Kier molecular flexibility index (Phi) is 2.78. The lowest BCUT2D eigenvalue weighted by molar-refractivity contribution is -0.385. The van der Waals surface area contributed by atoms with Gasteiger partial charge in [-0.15, -0.1) is 0 Å². The van der Waals surface area contributed by atoms with Crippen LogP contribution in [0.5, 0.6) is 5.75 Å². The third-order valence-corrected chi connectivity index (χ3v) is 2.57. The fraction of sp³-hybridized carbons (Fsp3) is 0.182. The molecule has 0 fully saturated rings. The first-order chi connectivity index (χ1) is 8.08. The smallest absolute Gasteiger partial charge is 0.272 e. The van der Waals surface area contributed by atoms with E-state index in [2.05, 4.69) is 5.10 Å². The molecule has 0 spiro atoms. The normalized spacial score (nSPS) is 10.4. The predicted octanol–water partition coefficient (Wildman–Crippen LogP) is 1.85. The molecule has 2 rings (SSSR count). The highest BCUT2D eigenvalue weighted by Crippen LogP contribution is 2.21. The summed E-state index contributed by atoms with van der Waals surface area (Å²) in [4.78, 5) is 10.4. The third-order valence-electron chi connectivity index (χ3n) is 2.57. The molecular weight excluding hydrogens is 222 g/mol. The van der Waals surface area contributed by atoms with Gasteiger partial charge in [-0.1, -0.05) is 12.1 Å². The highest BCUT2D eigenvalue weighted by atomic mass is 16.6. The number of rotatable bonds is 3. The molecule has 0 bridgehead atoms. The maximum absolute atomic E-state index is 10.8. The molecule has 1 N–H and O–H groups in total. The number of hydrogen-bond acceptors (Lipinski definition) is 4. The second-order valence-electron chi connectivity index (χ2n) is 3.71. The van der Waals surface area contributed by atoms with Crippen molar-refractivity contribution in [2.24, 2.45) is 0 Å². The summed E-state index contributed by atoms with van der Waals surface area (Å²) in [6.45, 7) is 2.10. The van der Waals surface area contributed by atoms with Gasteiger partial charge in [0, 0.05) is 11.6 Å². The highest BCUT2D eigenvalue weighted by Gasteiger charge is 2.13. The van der Waals surface area contributed by atoms with E-state index < -0.39 is 4.92 Å². The van der Waals surface area contributed by atoms with Gasteiger partial charge in [0.1, 0.15) is 0 Å². The summed E-state index contributed by atoms with van der Waals surface area (Å²) in [5, 5.41) is 23.8. The molecule has 0 atom stereocenters. The van der Waals surface area contributed by atoms with Gasteiger partial charge in [0.25, 0.3) is 5.69 Å². The quantitative estimate of drug-likeness (QED) is 0.648. The van der Waals surface area contributed by atoms with Crippen LogP contribution in [0.3, 0.4) is 0 Å². The van der Waals surface area contributed by atoms with Crippen molar-refractivity contribution in [3.8, 4) is 5.75 Å². The van der Waals surface area contributed by atoms with E-state index in [1.807, 2.05) is 0 Å². The zero-order valence-electron chi connectivity index (χ0n) is 9.20. The van der Waals surface area contributed by atoms with Crippen LogP contribution in [0, 0.1) is 17.0 Å². The number of benzene rings is 1. The molecule has 0 radical (unpaired) electrons. The number of nitro groups is 1. The van der Waals surface area contributed by atoms with Crippen molar-refractivity contribution in [3.63, 3.8) is 0 Å². The first kappa shape index (κ1) is 11.1. The molecule has 6 nitrogen and oxygen atoms in total. The van der Waals surface area contributed by atoms with Crippen molar-refractivity contribution < 1.29 is 10.0 Å². The van der Waals surface area contributed by atoms with E-state index in [1.54, 1.807) is 19.1 Å². The number of aromatic hydroxyl groups is 1. The van der Waals surface area contributed by atoms with Crippen LogP contribution in [0.2, 0.25) is 0 Å². The summed E-state index contributed by atoms with van der Waals surface area (Å²) in [5.74, 6) is 0.0769. The fourth-order valence-corrected chi connectivity index (χ4v) is 1.65. The van der Waals surface area contributed by atoms with E-state index >= 15 is 0 Å². The Hall–Kier alpha value is -2.37. The lowest BCUT2D eigenvalue weighted by Gasteiger charge is -2.06. The first-order valence-electron chi connectivity index (χ1n) is 5.02. The van der Waals surface area contributed by atoms with Crippen molar-refractivity contribution in [1.29, 1.82) is 0 Å². The molecule has 0 amide bonds. The molecule has 0 aliphatic heterocycles. The second-order valence-corrected chi connectivity index (χ2v) is 3.71. The van der Waals surface area contributed by atoms with Crippen molar-refractivity contribution >= 4 is 5.69 Å². The number of aromatic nitrogens is 2. The molecule has 1 aromatic heterocycles. The molecule has 1 heterocycles. The van der Waals surface area contributed by atoms with Crippen molar-refractivity contribution in [2.75, 3.05) is 0 Å². The lowest BCUT2D eigenvalue weighted by Crippen LogP contribution is -2.03. The van der Waals surface area contributed by atoms with Crippen LogP contribution < -0.4 is 0 Å². The van der Waals surface area contributed by atoms with Gasteiger partial charge in [-0.3, -0.25) is 14.8 Å². The molecule has 2 aromatic rings.